The van der Waals surface area contributed by atoms with Gasteiger partial charge < -0.3 is 0 Å². The second-order valence-electron chi connectivity index (χ2n) is 4.23. The summed E-state index contributed by atoms with van der Waals surface area (Å²) in [5, 5.41) is 0.546. The number of alkyl halides is 1. The summed E-state index contributed by atoms with van der Waals surface area (Å²) in [5.74, 6) is 0.289. The van der Waals surface area contributed by atoms with Gasteiger partial charge in [0, 0.05) is 22.0 Å². The van der Waals surface area contributed by atoms with Crippen molar-refractivity contribution < 1.29 is 8.42 Å². The van der Waals surface area contributed by atoms with Gasteiger partial charge in [-0.25, -0.2) is 13.1 Å². The number of nitrogens with one attached hydrogen (secondary N) is 1. The van der Waals surface area contributed by atoms with Crippen molar-refractivity contribution in [2.75, 3.05) is 5.88 Å². The lowest BCUT2D eigenvalue weighted by Crippen LogP contribution is -2.39. The van der Waals surface area contributed by atoms with Crippen LogP contribution in [-0.4, -0.2) is 20.3 Å². The van der Waals surface area contributed by atoms with Gasteiger partial charge in [0.15, 0.2) is 0 Å². The minimum Gasteiger partial charge on any atom is -0.207 e. The van der Waals surface area contributed by atoms with Crippen LogP contribution in [-0.2, 0) is 10.0 Å². The average Bonchev–Trinajstić information content (AvgIpc) is 2.24. The topological polar surface area (TPSA) is 46.2 Å². The molecule has 7 heteroatoms. The Hall–Kier alpha value is -0.000000000000000111. The SMILES string of the molecule is CC(C)C(CCl)NS(=O)(=O)c1cc(Cl)cc(Cl)c1. The van der Waals surface area contributed by atoms with Crippen molar-refractivity contribution in [2.45, 2.75) is 24.8 Å². The van der Waals surface area contributed by atoms with Crippen LogP contribution in [0.2, 0.25) is 10.0 Å². The number of sulfonamides is 1. The molecule has 18 heavy (non-hydrogen) atoms. The number of hydrogen-bond acceptors (Lipinski definition) is 2. The molecular formula is C11H14Cl3NO2S. The minimum atomic E-state index is -3.66. The molecule has 0 radical (unpaired) electrons. The summed E-state index contributed by atoms with van der Waals surface area (Å²) in [6, 6.07) is 3.83. The molecule has 0 saturated heterocycles. The molecule has 0 amide bonds. The zero-order valence-corrected chi connectivity index (χ0v) is 13.0. The summed E-state index contributed by atoms with van der Waals surface area (Å²) in [5.41, 5.74) is 0. The highest BCUT2D eigenvalue weighted by molar-refractivity contribution is 7.89. The van der Waals surface area contributed by atoms with Crippen LogP contribution in [0.25, 0.3) is 0 Å². The first-order valence-corrected chi connectivity index (χ1v) is 8.08. The summed E-state index contributed by atoms with van der Waals surface area (Å²) in [6.45, 7) is 3.78. The normalized spacial score (nSPS) is 13.9. The maximum atomic E-state index is 12.1. The van der Waals surface area contributed by atoms with Crippen LogP contribution in [0.5, 0.6) is 0 Å². The molecule has 1 unspecified atom stereocenters. The zero-order valence-electron chi connectivity index (χ0n) is 9.95. The van der Waals surface area contributed by atoms with E-state index in [4.69, 9.17) is 34.8 Å². The van der Waals surface area contributed by atoms with Crippen LogP contribution in [0.4, 0.5) is 0 Å². The predicted molar refractivity (Wildman–Crippen MR) is 76.1 cm³/mol. The highest BCUT2D eigenvalue weighted by atomic mass is 35.5. The van der Waals surface area contributed by atoms with Crippen molar-refractivity contribution in [1.82, 2.24) is 4.72 Å². The van der Waals surface area contributed by atoms with Crippen molar-refractivity contribution in [2.24, 2.45) is 5.92 Å². The molecule has 102 valence electrons. The highest BCUT2D eigenvalue weighted by Gasteiger charge is 2.22. The summed E-state index contributed by atoms with van der Waals surface area (Å²) in [6.07, 6.45) is 0. The lowest BCUT2D eigenvalue weighted by molar-refractivity contribution is 0.480. The molecule has 0 heterocycles. The monoisotopic (exact) mass is 329 g/mol. The molecule has 0 aromatic heterocycles. The van der Waals surface area contributed by atoms with Gasteiger partial charge in [-0.2, -0.15) is 0 Å². The van der Waals surface area contributed by atoms with E-state index in [0.717, 1.165) is 0 Å². The summed E-state index contributed by atoms with van der Waals surface area (Å²) >= 11 is 17.3. The fourth-order valence-electron chi connectivity index (χ4n) is 1.30. The molecule has 3 nitrogen and oxygen atoms in total. The van der Waals surface area contributed by atoms with Gasteiger partial charge in [-0.3, -0.25) is 0 Å². The standard InChI is InChI=1S/C11H14Cl3NO2S/c1-7(2)11(6-12)15-18(16,17)10-4-8(13)3-9(14)5-10/h3-5,7,11,15H,6H2,1-2H3. The molecule has 0 aliphatic carbocycles. The molecule has 0 bridgehead atoms. The van der Waals surface area contributed by atoms with Crippen molar-refractivity contribution in [3.8, 4) is 0 Å². The number of benzene rings is 1. The summed E-state index contributed by atoms with van der Waals surface area (Å²) in [7, 11) is -3.66. The maximum absolute atomic E-state index is 12.1. The Morgan fingerprint density at radius 1 is 1.17 bits per heavy atom. The van der Waals surface area contributed by atoms with E-state index in [9.17, 15) is 8.42 Å². The molecule has 0 saturated carbocycles. The van der Waals surface area contributed by atoms with Gasteiger partial charge in [-0.1, -0.05) is 37.0 Å². The number of hydrogen-bond donors (Lipinski definition) is 1. The Morgan fingerprint density at radius 2 is 1.67 bits per heavy atom. The third-order valence-electron chi connectivity index (χ3n) is 2.42. The molecule has 1 aromatic carbocycles. The van der Waals surface area contributed by atoms with Crippen molar-refractivity contribution in [3.05, 3.63) is 28.2 Å². The van der Waals surface area contributed by atoms with Crippen LogP contribution in [0, 0.1) is 5.92 Å². The Labute approximate surface area is 122 Å². The Morgan fingerprint density at radius 3 is 2.06 bits per heavy atom. The van der Waals surface area contributed by atoms with Crippen molar-refractivity contribution in [1.29, 1.82) is 0 Å². The van der Waals surface area contributed by atoms with E-state index in [1.165, 1.54) is 18.2 Å². The van der Waals surface area contributed by atoms with E-state index in [1.807, 2.05) is 13.8 Å². The molecule has 1 rings (SSSR count). The molecule has 0 spiro atoms. The largest absolute Gasteiger partial charge is 0.240 e. The quantitative estimate of drug-likeness (QED) is 0.839. The number of halogens is 3. The summed E-state index contributed by atoms with van der Waals surface area (Å²) < 4.78 is 26.8. The molecule has 1 N–H and O–H groups in total. The van der Waals surface area contributed by atoms with Gasteiger partial charge in [0.25, 0.3) is 0 Å². The Kier molecular flexibility index (Phi) is 5.74. The Balaban J connectivity index is 3.06. The van der Waals surface area contributed by atoms with Gasteiger partial charge >= 0.3 is 0 Å². The summed E-state index contributed by atoms with van der Waals surface area (Å²) in [4.78, 5) is 0.0377. The second-order valence-corrected chi connectivity index (χ2v) is 7.13. The van der Waals surface area contributed by atoms with Crippen LogP contribution in [0.3, 0.4) is 0 Å². The molecule has 1 aromatic rings. The van der Waals surface area contributed by atoms with Crippen LogP contribution >= 0.6 is 34.8 Å². The lowest BCUT2D eigenvalue weighted by atomic mass is 10.1. The maximum Gasteiger partial charge on any atom is 0.240 e. The van der Waals surface area contributed by atoms with Gasteiger partial charge in [-0.15, -0.1) is 11.6 Å². The Bertz CT molecular complexity index is 497. The fourth-order valence-corrected chi connectivity index (χ4v) is 3.93. The first-order chi connectivity index (χ1) is 8.26. The van der Waals surface area contributed by atoms with E-state index < -0.39 is 10.0 Å². The first-order valence-electron chi connectivity index (χ1n) is 5.30. The van der Waals surface area contributed by atoms with Crippen molar-refractivity contribution >= 4 is 44.8 Å². The van der Waals surface area contributed by atoms with Gasteiger partial charge in [0.2, 0.25) is 10.0 Å². The van der Waals surface area contributed by atoms with E-state index in [-0.39, 0.29) is 32.8 Å². The first kappa shape index (κ1) is 16.1. The smallest absolute Gasteiger partial charge is 0.207 e. The third-order valence-corrected chi connectivity index (χ3v) is 4.66. The van der Waals surface area contributed by atoms with Gasteiger partial charge in [0.05, 0.1) is 4.90 Å². The number of rotatable bonds is 5. The zero-order chi connectivity index (χ0) is 13.9. The van der Waals surface area contributed by atoms with E-state index in [2.05, 4.69) is 4.72 Å². The third kappa shape index (κ3) is 4.28. The van der Waals surface area contributed by atoms with E-state index >= 15 is 0 Å². The molecule has 1 atom stereocenters. The highest BCUT2D eigenvalue weighted by Crippen LogP contribution is 2.22. The van der Waals surface area contributed by atoms with E-state index in [0.29, 0.717) is 0 Å². The van der Waals surface area contributed by atoms with Crippen LogP contribution < -0.4 is 4.72 Å². The van der Waals surface area contributed by atoms with E-state index in [1.54, 1.807) is 0 Å². The van der Waals surface area contributed by atoms with Gasteiger partial charge in [-0.05, 0) is 24.1 Å². The predicted octanol–water partition coefficient (Wildman–Crippen LogP) is 3.54. The minimum absolute atomic E-state index is 0.0377. The lowest BCUT2D eigenvalue weighted by Gasteiger charge is -2.19. The van der Waals surface area contributed by atoms with Gasteiger partial charge in [0.1, 0.15) is 0 Å². The van der Waals surface area contributed by atoms with Crippen LogP contribution in [0.15, 0.2) is 23.1 Å². The van der Waals surface area contributed by atoms with Crippen molar-refractivity contribution in [3.63, 3.8) is 0 Å². The molecular weight excluding hydrogens is 317 g/mol. The molecule has 0 aliphatic heterocycles. The molecule has 0 aliphatic rings. The molecule has 0 fully saturated rings. The fraction of sp³-hybridized carbons (Fsp3) is 0.455. The second kappa shape index (κ2) is 6.44. The van der Waals surface area contributed by atoms with Crippen LogP contribution in [0.1, 0.15) is 13.8 Å². The average molecular weight is 331 g/mol.